The first-order chi connectivity index (χ1) is 18.7. The van der Waals surface area contributed by atoms with Crippen molar-refractivity contribution in [3.63, 3.8) is 0 Å². The Bertz CT molecular complexity index is 1190. The fourth-order valence-corrected chi connectivity index (χ4v) is 8.07. The summed E-state index contributed by atoms with van der Waals surface area (Å²) in [5.74, 6) is -0.230. The van der Waals surface area contributed by atoms with Crippen LogP contribution >= 0.6 is 0 Å². The van der Waals surface area contributed by atoms with Crippen LogP contribution in [0.25, 0.3) is 0 Å². The van der Waals surface area contributed by atoms with Gasteiger partial charge in [0, 0.05) is 17.9 Å². The Morgan fingerprint density at radius 3 is 2.56 bits per heavy atom. The Labute approximate surface area is 230 Å². The van der Waals surface area contributed by atoms with E-state index in [4.69, 9.17) is 4.74 Å². The van der Waals surface area contributed by atoms with Gasteiger partial charge in [-0.2, -0.15) is 0 Å². The SMILES string of the molecule is CCC(=O)OC(C(CO)OO)C1CC2=C3[C@@H](CCC2=CC1=O)[C@@H]1CCC[C@@]1(C)C[C@@H]3c1ccc(C(C)=O)cc1. The fraction of sp³-hybridized carbons (Fsp3) is 0.594. The van der Waals surface area contributed by atoms with Crippen LogP contribution in [0.3, 0.4) is 0 Å². The highest BCUT2D eigenvalue weighted by molar-refractivity contribution is 5.96. The number of carbonyl (C=O) groups is 3. The van der Waals surface area contributed by atoms with E-state index in [0.29, 0.717) is 23.8 Å². The standard InChI is InChI=1S/C32H40O7/c1-4-29(36)38-31(28(17-33)39-37)24-15-23-21(14-27(24)35)11-12-22-26-6-5-13-32(26,3)16-25(30(22)23)20-9-7-19(8-10-20)18(2)34/h7-10,14,22,24-26,28,31,33,37H,4-6,11-13,15-17H2,1-3H3/t22-,24?,25+,26-,28?,31?,32-/m0/s1. The molecule has 210 valence electrons. The molecule has 5 rings (SSSR count). The highest BCUT2D eigenvalue weighted by Crippen LogP contribution is 2.64. The summed E-state index contributed by atoms with van der Waals surface area (Å²) in [7, 11) is 0. The van der Waals surface area contributed by atoms with E-state index in [1.807, 2.05) is 12.1 Å². The Morgan fingerprint density at radius 2 is 1.92 bits per heavy atom. The molecule has 1 aromatic rings. The number of esters is 1. The zero-order valence-electron chi connectivity index (χ0n) is 23.2. The molecule has 7 heteroatoms. The number of ketones is 2. The molecule has 7 atom stereocenters. The number of ether oxygens (including phenoxy) is 1. The van der Waals surface area contributed by atoms with Gasteiger partial charge in [-0.05, 0) is 85.5 Å². The van der Waals surface area contributed by atoms with Crippen LogP contribution in [-0.2, 0) is 19.2 Å². The summed E-state index contributed by atoms with van der Waals surface area (Å²) >= 11 is 0. The first-order valence-electron chi connectivity index (χ1n) is 14.4. The van der Waals surface area contributed by atoms with Gasteiger partial charge in [-0.25, -0.2) is 4.89 Å². The largest absolute Gasteiger partial charge is 0.459 e. The summed E-state index contributed by atoms with van der Waals surface area (Å²) in [4.78, 5) is 42.1. The van der Waals surface area contributed by atoms with E-state index in [9.17, 15) is 24.7 Å². The van der Waals surface area contributed by atoms with E-state index in [-0.39, 0.29) is 29.3 Å². The molecule has 0 spiro atoms. The van der Waals surface area contributed by atoms with E-state index in [0.717, 1.165) is 30.4 Å². The molecule has 2 saturated carbocycles. The van der Waals surface area contributed by atoms with Crippen molar-refractivity contribution < 1.29 is 34.4 Å². The van der Waals surface area contributed by atoms with Crippen LogP contribution in [0.4, 0.5) is 0 Å². The number of benzene rings is 1. The number of hydrogen-bond donors (Lipinski definition) is 2. The van der Waals surface area contributed by atoms with E-state index >= 15 is 0 Å². The summed E-state index contributed by atoms with van der Waals surface area (Å²) in [6, 6.07) is 8.00. The average molecular weight is 537 g/mol. The summed E-state index contributed by atoms with van der Waals surface area (Å²) in [5.41, 5.74) is 5.74. The fourth-order valence-electron chi connectivity index (χ4n) is 8.07. The normalized spacial score (nSPS) is 31.5. The van der Waals surface area contributed by atoms with Crippen molar-refractivity contribution in [3.8, 4) is 0 Å². The molecule has 0 aliphatic heterocycles. The molecule has 2 N–H and O–H groups in total. The molecule has 0 radical (unpaired) electrons. The smallest absolute Gasteiger partial charge is 0.305 e. The minimum absolute atomic E-state index is 0.0432. The molecule has 7 nitrogen and oxygen atoms in total. The molecule has 0 heterocycles. The summed E-state index contributed by atoms with van der Waals surface area (Å²) in [5, 5.41) is 19.4. The Hall–Kier alpha value is -2.61. The molecular formula is C32H40O7. The van der Waals surface area contributed by atoms with Gasteiger partial charge in [0.05, 0.1) is 12.5 Å². The van der Waals surface area contributed by atoms with Gasteiger partial charge in [0.25, 0.3) is 0 Å². The second kappa shape index (κ2) is 11.1. The van der Waals surface area contributed by atoms with Gasteiger partial charge in [0.1, 0.15) is 6.10 Å². The third-order valence-corrected chi connectivity index (χ3v) is 10.0. The molecule has 0 saturated heterocycles. The number of hydrogen-bond acceptors (Lipinski definition) is 7. The summed E-state index contributed by atoms with van der Waals surface area (Å²) in [6.07, 6.45) is 6.38. The number of fused-ring (bicyclic) bond motifs is 4. The predicted octanol–water partition coefficient (Wildman–Crippen LogP) is 5.58. The molecule has 3 unspecified atom stereocenters. The van der Waals surface area contributed by atoms with Crippen LogP contribution in [0, 0.1) is 23.2 Å². The van der Waals surface area contributed by atoms with Gasteiger partial charge in [-0.1, -0.05) is 50.1 Å². The summed E-state index contributed by atoms with van der Waals surface area (Å²) < 4.78 is 5.61. The van der Waals surface area contributed by atoms with E-state index in [1.54, 1.807) is 19.9 Å². The van der Waals surface area contributed by atoms with Gasteiger partial charge in [-0.3, -0.25) is 19.6 Å². The van der Waals surface area contributed by atoms with Crippen LogP contribution in [0.2, 0.25) is 0 Å². The van der Waals surface area contributed by atoms with Crippen molar-refractivity contribution in [2.45, 2.75) is 90.3 Å². The van der Waals surface area contributed by atoms with Gasteiger partial charge < -0.3 is 9.84 Å². The third-order valence-electron chi connectivity index (χ3n) is 10.0. The molecular weight excluding hydrogens is 496 g/mol. The molecule has 0 amide bonds. The maximum atomic E-state index is 13.4. The van der Waals surface area contributed by atoms with Gasteiger partial charge in [0.2, 0.25) is 0 Å². The van der Waals surface area contributed by atoms with Crippen LogP contribution < -0.4 is 0 Å². The van der Waals surface area contributed by atoms with Crippen LogP contribution in [-0.4, -0.2) is 46.7 Å². The molecule has 4 aliphatic rings. The van der Waals surface area contributed by atoms with E-state index in [1.165, 1.54) is 30.4 Å². The van der Waals surface area contributed by atoms with Crippen molar-refractivity contribution in [2.24, 2.45) is 23.2 Å². The number of rotatable bonds is 8. The lowest BCUT2D eigenvalue weighted by Crippen LogP contribution is -2.46. The highest BCUT2D eigenvalue weighted by Gasteiger charge is 2.53. The first kappa shape index (κ1) is 27.9. The van der Waals surface area contributed by atoms with Crippen LogP contribution in [0.15, 0.2) is 47.1 Å². The van der Waals surface area contributed by atoms with E-state index in [2.05, 4.69) is 23.9 Å². The predicted molar refractivity (Wildman–Crippen MR) is 145 cm³/mol. The second-order valence-electron chi connectivity index (χ2n) is 12.2. The number of allylic oxidation sites excluding steroid dienone is 4. The number of carbonyl (C=O) groups excluding carboxylic acids is 3. The monoisotopic (exact) mass is 536 g/mol. The van der Waals surface area contributed by atoms with Crippen LogP contribution in [0.1, 0.15) is 94.0 Å². The quantitative estimate of drug-likeness (QED) is 0.193. The zero-order chi connectivity index (χ0) is 27.9. The number of aliphatic hydroxyl groups is 1. The lowest BCUT2D eigenvalue weighted by atomic mass is 9.53. The van der Waals surface area contributed by atoms with Gasteiger partial charge in [0.15, 0.2) is 17.7 Å². The Balaban J connectivity index is 1.61. The second-order valence-corrected chi connectivity index (χ2v) is 12.2. The average Bonchev–Trinajstić information content (AvgIpc) is 3.33. The number of aliphatic hydroxyl groups excluding tert-OH is 1. The van der Waals surface area contributed by atoms with Crippen molar-refractivity contribution in [1.29, 1.82) is 0 Å². The Kier molecular flexibility index (Phi) is 7.96. The van der Waals surface area contributed by atoms with Crippen molar-refractivity contribution >= 4 is 17.5 Å². The highest BCUT2D eigenvalue weighted by atomic mass is 17.1. The lowest BCUT2D eigenvalue weighted by molar-refractivity contribution is -0.307. The van der Waals surface area contributed by atoms with Crippen molar-refractivity contribution in [1.82, 2.24) is 0 Å². The molecule has 2 fully saturated rings. The molecule has 0 bridgehead atoms. The lowest BCUT2D eigenvalue weighted by Gasteiger charge is -2.51. The maximum absolute atomic E-state index is 13.4. The molecule has 1 aromatic carbocycles. The third kappa shape index (κ3) is 5.05. The first-order valence-corrected chi connectivity index (χ1v) is 14.4. The van der Waals surface area contributed by atoms with E-state index < -0.39 is 30.7 Å². The van der Waals surface area contributed by atoms with Gasteiger partial charge in [-0.15, -0.1) is 0 Å². The minimum Gasteiger partial charge on any atom is -0.459 e. The summed E-state index contributed by atoms with van der Waals surface area (Å²) in [6.45, 7) is 5.09. The molecule has 4 aliphatic carbocycles. The number of Topliss-reactive ketones (excluding diaryl/α,β-unsaturated/α-hetero) is 1. The maximum Gasteiger partial charge on any atom is 0.305 e. The van der Waals surface area contributed by atoms with Crippen molar-refractivity contribution in [3.05, 3.63) is 58.2 Å². The zero-order valence-corrected chi connectivity index (χ0v) is 23.2. The van der Waals surface area contributed by atoms with Gasteiger partial charge >= 0.3 is 5.97 Å². The molecule has 0 aromatic heterocycles. The minimum atomic E-state index is -1.21. The molecule has 39 heavy (non-hydrogen) atoms. The van der Waals surface area contributed by atoms with Crippen molar-refractivity contribution in [2.75, 3.05) is 6.61 Å². The topological polar surface area (TPSA) is 110 Å². The van der Waals surface area contributed by atoms with Crippen LogP contribution in [0.5, 0.6) is 0 Å². The Morgan fingerprint density at radius 1 is 1.18 bits per heavy atom.